The van der Waals surface area contributed by atoms with E-state index in [0.717, 1.165) is 31.2 Å². The van der Waals surface area contributed by atoms with E-state index in [2.05, 4.69) is 15.3 Å². The van der Waals surface area contributed by atoms with Gasteiger partial charge in [0, 0.05) is 18.2 Å². The first-order valence-electron chi connectivity index (χ1n) is 6.15. The molecule has 18 heavy (non-hydrogen) atoms. The lowest BCUT2D eigenvalue weighted by Gasteiger charge is -2.27. The Morgan fingerprint density at radius 1 is 1.28 bits per heavy atom. The van der Waals surface area contributed by atoms with Gasteiger partial charge in [0.15, 0.2) is 11.4 Å². The van der Waals surface area contributed by atoms with Crippen LogP contribution in [0.4, 0.5) is 5.82 Å². The minimum absolute atomic E-state index is 0.235. The van der Waals surface area contributed by atoms with Gasteiger partial charge < -0.3 is 15.5 Å². The van der Waals surface area contributed by atoms with Crippen molar-refractivity contribution < 1.29 is 4.42 Å². The zero-order valence-corrected chi connectivity index (χ0v) is 10.7. The van der Waals surface area contributed by atoms with E-state index in [4.69, 9.17) is 21.8 Å². The van der Waals surface area contributed by atoms with E-state index in [1.165, 1.54) is 0 Å². The van der Waals surface area contributed by atoms with Crippen LogP contribution in [0.25, 0.3) is 11.1 Å². The van der Waals surface area contributed by atoms with Crippen LogP contribution in [0.15, 0.2) is 16.7 Å². The highest BCUT2D eigenvalue weighted by molar-refractivity contribution is 6.28. The van der Waals surface area contributed by atoms with Gasteiger partial charge in [-0.25, -0.2) is 4.98 Å². The highest BCUT2D eigenvalue weighted by Crippen LogP contribution is 2.26. The summed E-state index contributed by atoms with van der Waals surface area (Å²) in [5, 5.41) is 3.62. The summed E-state index contributed by atoms with van der Waals surface area (Å²) in [6.07, 6.45) is 5.77. The highest BCUT2D eigenvalue weighted by Gasteiger charge is 2.20. The molecule has 1 aliphatic rings. The standard InChI is InChI=1S/C12H15ClN4O/c13-12-16-9-5-6-18-10(9)11(17-12)15-8-3-1-7(14)2-4-8/h5-8H,1-4,14H2,(H,15,16,17). The first kappa shape index (κ1) is 11.7. The average Bonchev–Trinajstić information content (AvgIpc) is 2.80. The maximum atomic E-state index is 5.90. The van der Waals surface area contributed by atoms with E-state index in [9.17, 15) is 0 Å². The molecule has 0 bridgehead atoms. The maximum Gasteiger partial charge on any atom is 0.225 e. The van der Waals surface area contributed by atoms with Gasteiger partial charge in [-0.2, -0.15) is 4.98 Å². The molecule has 5 nitrogen and oxygen atoms in total. The lowest BCUT2D eigenvalue weighted by molar-refractivity contribution is 0.410. The van der Waals surface area contributed by atoms with Gasteiger partial charge in [-0.15, -0.1) is 0 Å². The molecule has 0 radical (unpaired) electrons. The number of halogens is 1. The molecule has 0 aliphatic heterocycles. The van der Waals surface area contributed by atoms with Gasteiger partial charge in [-0.05, 0) is 37.3 Å². The molecular formula is C12H15ClN4O. The minimum Gasteiger partial charge on any atom is -0.459 e. The second-order valence-corrected chi connectivity index (χ2v) is 5.07. The highest BCUT2D eigenvalue weighted by atomic mass is 35.5. The van der Waals surface area contributed by atoms with Crippen molar-refractivity contribution in [2.75, 3.05) is 5.32 Å². The Morgan fingerprint density at radius 2 is 2.06 bits per heavy atom. The topological polar surface area (TPSA) is 77.0 Å². The summed E-state index contributed by atoms with van der Waals surface area (Å²) in [6, 6.07) is 2.50. The van der Waals surface area contributed by atoms with Gasteiger partial charge in [0.1, 0.15) is 5.52 Å². The first-order chi connectivity index (χ1) is 8.72. The number of nitrogens with zero attached hydrogens (tertiary/aromatic N) is 2. The monoisotopic (exact) mass is 266 g/mol. The molecular weight excluding hydrogens is 252 g/mol. The molecule has 1 aliphatic carbocycles. The third kappa shape index (κ3) is 2.28. The molecule has 0 atom stereocenters. The largest absolute Gasteiger partial charge is 0.459 e. The van der Waals surface area contributed by atoms with Crippen molar-refractivity contribution in [1.82, 2.24) is 9.97 Å². The molecule has 0 spiro atoms. The number of hydrogen-bond donors (Lipinski definition) is 2. The van der Waals surface area contributed by atoms with Crippen LogP contribution >= 0.6 is 11.6 Å². The van der Waals surface area contributed by atoms with Crippen LogP contribution in [-0.2, 0) is 0 Å². The Hall–Kier alpha value is -1.33. The number of nitrogens with two attached hydrogens (primary N) is 1. The molecule has 0 unspecified atom stereocenters. The third-order valence-electron chi connectivity index (χ3n) is 3.39. The summed E-state index contributed by atoms with van der Waals surface area (Å²) in [6.45, 7) is 0. The molecule has 3 rings (SSSR count). The van der Waals surface area contributed by atoms with Crippen LogP contribution in [0.2, 0.25) is 5.28 Å². The quantitative estimate of drug-likeness (QED) is 0.817. The predicted octanol–water partition coefficient (Wildman–Crippen LogP) is 2.56. The van der Waals surface area contributed by atoms with E-state index >= 15 is 0 Å². The van der Waals surface area contributed by atoms with E-state index < -0.39 is 0 Å². The predicted molar refractivity (Wildman–Crippen MR) is 70.7 cm³/mol. The number of rotatable bonds is 2. The fourth-order valence-electron chi connectivity index (χ4n) is 2.39. The molecule has 0 saturated heterocycles. The van der Waals surface area contributed by atoms with Crippen LogP contribution in [-0.4, -0.2) is 22.1 Å². The van der Waals surface area contributed by atoms with E-state index in [1.807, 2.05) is 0 Å². The summed E-state index contributed by atoms with van der Waals surface area (Å²) < 4.78 is 5.40. The average molecular weight is 267 g/mol. The Morgan fingerprint density at radius 3 is 2.83 bits per heavy atom. The van der Waals surface area contributed by atoms with Crippen LogP contribution in [0.3, 0.4) is 0 Å². The molecule has 2 aromatic rings. The Balaban J connectivity index is 1.83. The third-order valence-corrected chi connectivity index (χ3v) is 3.56. The van der Waals surface area contributed by atoms with Crippen LogP contribution < -0.4 is 11.1 Å². The molecule has 2 aromatic heterocycles. The van der Waals surface area contributed by atoms with Crippen molar-refractivity contribution in [3.8, 4) is 0 Å². The summed E-state index contributed by atoms with van der Waals surface area (Å²) in [4.78, 5) is 8.31. The fourth-order valence-corrected chi connectivity index (χ4v) is 2.57. The molecule has 0 aromatic carbocycles. The minimum atomic E-state index is 0.235. The summed E-state index contributed by atoms with van der Waals surface area (Å²) in [5.41, 5.74) is 7.28. The van der Waals surface area contributed by atoms with Gasteiger partial charge in [0.05, 0.1) is 6.26 Å². The Bertz CT molecular complexity index is 548. The number of nitrogens with one attached hydrogen (secondary N) is 1. The Kier molecular flexibility index (Phi) is 3.09. The SMILES string of the molecule is NC1CCC(Nc2nc(Cl)nc3ccoc23)CC1. The number of anilines is 1. The van der Waals surface area contributed by atoms with Gasteiger partial charge >= 0.3 is 0 Å². The van der Waals surface area contributed by atoms with Crippen molar-refractivity contribution in [2.45, 2.75) is 37.8 Å². The van der Waals surface area contributed by atoms with Gasteiger partial charge in [0.2, 0.25) is 5.28 Å². The van der Waals surface area contributed by atoms with Crippen molar-refractivity contribution >= 4 is 28.5 Å². The molecule has 6 heteroatoms. The smallest absolute Gasteiger partial charge is 0.225 e. The summed E-state index contributed by atoms with van der Waals surface area (Å²) >= 11 is 5.90. The molecule has 3 N–H and O–H groups in total. The second kappa shape index (κ2) is 4.74. The first-order valence-corrected chi connectivity index (χ1v) is 6.53. The molecule has 2 heterocycles. The van der Waals surface area contributed by atoms with Crippen molar-refractivity contribution in [3.63, 3.8) is 0 Å². The number of fused-ring (bicyclic) bond motifs is 1. The van der Waals surface area contributed by atoms with E-state index in [-0.39, 0.29) is 5.28 Å². The van der Waals surface area contributed by atoms with Crippen LogP contribution in [0.1, 0.15) is 25.7 Å². The zero-order chi connectivity index (χ0) is 12.5. The van der Waals surface area contributed by atoms with Gasteiger partial charge in [0.25, 0.3) is 0 Å². The van der Waals surface area contributed by atoms with Gasteiger partial charge in [-0.3, -0.25) is 0 Å². The Labute approximate surface area is 110 Å². The van der Waals surface area contributed by atoms with Gasteiger partial charge in [-0.1, -0.05) is 0 Å². The van der Waals surface area contributed by atoms with E-state index in [0.29, 0.717) is 23.5 Å². The fraction of sp³-hybridized carbons (Fsp3) is 0.500. The molecule has 96 valence electrons. The van der Waals surface area contributed by atoms with Crippen LogP contribution in [0.5, 0.6) is 0 Å². The molecule has 1 fully saturated rings. The normalized spacial score (nSPS) is 24.3. The summed E-state index contributed by atoms with van der Waals surface area (Å²) in [5.74, 6) is 0.676. The number of aromatic nitrogens is 2. The number of hydrogen-bond acceptors (Lipinski definition) is 5. The maximum absolute atomic E-state index is 5.90. The van der Waals surface area contributed by atoms with Crippen molar-refractivity contribution in [2.24, 2.45) is 5.73 Å². The van der Waals surface area contributed by atoms with Crippen molar-refractivity contribution in [1.29, 1.82) is 0 Å². The zero-order valence-electron chi connectivity index (χ0n) is 9.90. The lowest BCUT2D eigenvalue weighted by Crippen LogP contribution is -2.33. The van der Waals surface area contributed by atoms with Crippen molar-refractivity contribution in [3.05, 3.63) is 17.6 Å². The van der Waals surface area contributed by atoms with E-state index in [1.54, 1.807) is 12.3 Å². The molecule has 1 saturated carbocycles. The lowest BCUT2D eigenvalue weighted by atomic mass is 9.92. The molecule has 0 amide bonds. The second-order valence-electron chi connectivity index (χ2n) is 4.73. The number of furan rings is 1. The summed E-state index contributed by atoms with van der Waals surface area (Å²) in [7, 11) is 0. The van der Waals surface area contributed by atoms with Crippen LogP contribution in [0, 0.1) is 0 Å².